The second-order valence-electron chi connectivity index (χ2n) is 4.96. The van der Waals surface area contributed by atoms with E-state index in [1.54, 1.807) is 0 Å². The number of benzene rings is 2. The molecule has 0 unspecified atom stereocenters. The molecule has 2 aromatic carbocycles. The maximum absolute atomic E-state index is 2.32. The van der Waals surface area contributed by atoms with Crippen molar-refractivity contribution < 1.29 is 0 Å². The molecule has 0 amide bonds. The summed E-state index contributed by atoms with van der Waals surface area (Å²) < 4.78 is 0. The number of fused-ring (bicyclic) bond motifs is 2. The van der Waals surface area contributed by atoms with E-state index >= 15 is 0 Å². The van der Waals surface area contributed by atoms with Gasteiger partial charge in [-0.2, -0.15) is 0 Å². The van der Waals surface area contributed by atoms with Crippen molar-refractivity contribution in [2.24, 2.45) is 0 Å². The van der Waals surface area contributed by atoms with Crippen molar-refractivity contribution in [1.82, 2.24) is 0 Å². The summed E-state index contributed by atoms with van der Waals surface area (Å²) in [5.74, 6) is 1.54. The largest absolute Gasteiger partial charge is 0.121 e. The van der Waals surface area contributed by atoms with E-state index in [0.717, 1.165) is 5.75 Å². The molecule has 1 aliphatic rings. The van der Waals surface area contributed by atoms with Crippen LogP contribution in [0.15, 0.2) is 53.4 Å². The normalized spacial score (nSPS) is 17.9. The lowest BCUT2D eigenvalue weighted by Gasteiger charge is -2.16. The van der Waals surface area contributed by atoms with Crippen LogP contribution in [-0.4, -0.2) is 0 Å². The highest BCUT2D eigenvalue weighted by molar-refractivity contribution is 7.98. The standard InChI is InChI=1S/C18H18S/c1-3-7-14-8-6-10-15-13(2)16-9-4-5-11-18(16)19-12-17(14)15/h3-11,13H,12H2,1-2H3/b7-3+/t13-/m0/s1. The molecule has 19 heavy (non-hydrogen) atoms. The van der Waals surface area contributed by atoms with Crippen molar-refractivity contribution in [2.45, 2.75) is 30.4 Å². The van der Waals surface area contributed by atoms with Crippen LogP contribution in [0.25, 0.3) is 6.08 Å². The van der Waals surface area contributed by atoms with Crippen LogP contribution < -0.4 is 0 Å². The highest BCUT2D eigenvalue weighted by atomic mass is 32.2. The summed E-state index contributed by atoms with van der Waals surface area (Å²) in [4.78, 5) is 1.43. The van der Waals surface area contributed by atoms with Crippen molar-refractivity contribution in [3.8, 4) is 0 Å². The van der Waals surface area contributed by atoms with E-state index in [2.05, 4.69) is 68.5 Å². The van der Waals surface area contributed by atoms with Gasteiger partial charge < -0.3 is 0 Å². The Morgan fingerprint density at radius 1 is 1.05 bits per heavy atom. The summed E-state index contributed by atoms with van der Waals surface area (Å²) in [6.07, 6.45) is 4.35. The third kappa shape index (κ3) is 2.23. The number of hydrogen-bond acceptors (Lipinski definition) is 1. The maximum atomic E-state index is 2.32. The van der Waals surface area contributed by atoms with E-state index in [0.29, 0.717) is 5.92 Å². The first-order valence-electron chi connectivity index (χ1n) is 6.77. The van der Waals surface area contributed by atoms with Gasteiger partial charge in [0.25, 0.3) is 0 Å². The van der Waals surface area contributed by atoms with Crippen LogP contribution in [0, 0.1) is 0 Å². The number of allylic oxidation sites excluding steroid dienone is 1. The molecule has 0 aliphatic carbocycles. The van der Waals surface area contributed by atoms with Gasteiger partial charge in [-0.25, -0.2) is 0 Å². The van der Waals surface area contributed by atoms with Crippen molar-refractivity contribution in [3.63, 3.8) is 0 Å². The van der Waals surface area contributed by atoms with Gasteiger partial charge in [0, 0.05) is 16.6 Å². The molecule has 0 N–H and O–H groups in total. The predicted molar refractivity (Wildman–Crippen MR) is 84.7 cm³/mol. The van der Waals surface area contributed by atoms with Crippen LogP contribution in [0.2, 0.25) is 0 Å². The molecule has 3 rings (SSSR count). The SMILES string of the molecule is C/C=C/c1cccc2c1CSc1ccccc1[C@H]2C. The van der Waals surface area contributed by atoms with Gasteiger partial charge >= 0.3 is 0 Å². The topological polar surface area (TPSA) is 0 Å². The fourth-order valence-electron chi connectivity index (χ4n) is 2.82. The van der Waals surface area contributed by atoms with E-state index in [1.165, 1.54) is 27.1 Å². The molecule has 2 aromatic rings. The first-order valence-corrected chi connectivity index (χ1v) is 7.76. The summed E-state index contributed by atoms with van der Waals surface area (Å²) >= 11 is 1.96. The number of rotatable bonds is 1. The maximum Gasteiger partial charge on any atom is 0.0240 e. The van der Waals surface area contributed by atoms with Crippen LogP contribution in [0.3, 0.4) is 0 Å². The highest BCUT2D eigenvalue weighted by Gasteiger charge is 2.21. The quantitative estimate of drug-likeness (QED) is 0.659. The lowest BCUT2D eigenvalue weighted by atomic mass is 9.88. The van der Waals surface area contributed by atoms with Gasteiger partial charge in [-0.05, 0) is 35.2 Å². The fourth-order valence-corrected chi connectivity index (χ4v) is 4.04. The Labute approximate surface area is 119 Å². The molecule has 0 radical (unpaired) electrons. The van der Waals surface area contributed by atoms with Crippen molar-refractivity contribution in [2.75, 3.05) is 0 Å². The summed E-state index contributed by atoms with van der Waals surface area (Å²) in [6.45, 7) is 4.41. The minimum atomic E-state index is 0.478. The Morgan fingerprint density at radius 3 is 2.68 bits per heavy atom. The minimum Gasteiger partial charge on any atom is -0.121 e. The zero-order valence-electron chi connectivity index (χ0n) is 11.4. The van der Waals surface area contributed by atoms with Crippen LogP contribution in [0.5, 0.6) is 0 Å². The molecule has 0 aromatic heterocycles. The zero-order chi connectivity index (χ0) is 13.2. The van der Waals surface area contributed by atoms with Crippen LogP contribution in [0.4, 0.5) is 0 Å². The molecule has 0 nitrogen and oxygen atoms in total. The van der Waals surface area contributed by atoms with E-state index < -0.39 is 0 Å². The smallest absolute Gasteiger partial charge is 0.0240 e. The zero-order valence-corrected chi connectivity index (χ0v) is 12.2. The third-order valence-electron chi connectivity index (χ3n) is 3.82. The monoisotopic (exact) mass is 266 g/mol. The first-order chi connectivity index (χ1) is 9.31. The average Bonchev–Trinajstić information content (AvgIpc) is 2.59. The van der Waals surface area contributed by atoms with Crippen molar-refractivity contribution in [1.29, 1.82) is 0 Å². The van der Waals surface area contributed by atoms with Crippen LogP contribution >= 0.6 is 11.8 Å². The predicted octanol–water partition coefficient (Wildman–Crippen LogP) is 5.48. The fraction of sp³-hybridized carbons (Fsp3) is 0.222. The van der Waals surface area contributed by atoms with Gasteiger partial charge in [-0.15, -0.1) is 11.8 Å². The van der Waals surface area contributed by atoms with Crippen LogP contribution in [0.1, 0.15) is 42.0 Å². The van der Waals surface area contributed by atoms with Crippen LogP contribution in [-0.2, 0) is 5.75 Å². The van der Waals surface area contributed by atoms with Gasteiger partial charge in [-0.1, -0.05) is 55.5 Å². The van der Waals surface area contributed by atoms with Gasteiger partial charge in [0.15, 0.2) is 0 Å². The first kappa shape index (κ1) is 12.6. The molecule has 0 saturated carbocycles. The van der Waals surface area contributed by atoms with Gasteiger partial charge in [0.1, 0.15) is 0 Å². The molecule has 0 spiro atoms. The lowest BCUT2D eigenvalue weighted by molar-refractivity contribution is 0.889. The van der Waals surface area contributed by atoms with Crippen molar-refractivity contribution >= 4 is 17.8 Å². The molecular weight excluding hydrogens is 248 g/mol. The highest BCUT2D eigenvalue weighted by Crippen LogP contribution is 2.41. The Bertz CT molecular complexity index is 625. The second-order valence-corrected chi connectivity index (χ2v) is 5.98. The summed E-state index contributed by atoms with van der Waals surface area (Å²) in [6, 6.07) is 15.5. The van der Waals surface area contributed by atoms with E-state index in [9.17, 15) is 0 Å². The molecule has 0 fully saturated rings. The molecule has 1 heterocycles. The van der Waals surface area contributed by atoms with Gasteiger partial charge in [0.05, 0.1) is 0 Å². The number of thioether (sulfide) groups is 1. The Morgan fingerprint density at radius 2 is 1.84 bits per heavy atom. The van der Waals surface area contributed by atoms with E-state index in [1.807, 2.05) is 11.8 Å². The molecule has 96 valence electrons. The third-order valence-corrected chi connectivity index (χ3v) is 4.93. The molecule has 1 aliphatic heterocycles. The summed E-state index contributed by atoms with van der Waals surface area (Å²) in [5, 5.41) is 0. The summed E-state index contributed by atoms with van der Waals surface area (Å²) in [5.41, 5.74) is 5.80. The molecule has 0 bridgehead atoms. The Kier molecular flexibility index (Phi) is 3.48. The van der Waals surface area contributed by atoms with Crippen molar-refractivity contribution in [3.05, 3.63) is 70.8 Å². The minimum absolute atomic E-state index is 0.478. The van der Waals surface area contributed by atoms with Gasteiger partial charge in [0.2, 0.25) is 0 Å². The second kappa shape index (κ2) is 5.26. The Balaban J connectivity index is 2.17. The number of hydrogen-bond donors (Lipinski definition) is 0. The van der Waals surface area contributed by atoms with E-state index in [4.69, 9.17) is 0 Å². The summed E-state index contributed by atoms with van der Waals surface area (Å²) in [7, 11) is 0. The lowest BCUT2D eigenvalue weighted by Crippen LogP contribution is -2.00. The molecule has 1 atom stereocenters. The molecule has 1 heteroatoms. The van der Waals surface area contributed by atoms with E-state index in [-0.39, 0.29) is 0 Å². The molecule has 0 saturated heterocycles. The average molecular weight is 266 g/mol. The van der Waals surface area contributed by atoms with Gasteiger partial charge in [-0.3, -0.25) is 0 Å². The molecular formula is C18H18S. The Hall–Kier alpha value is -1.47.